The summed E-state index contributed by atoms with van der Waals surface area (Å²) in [6, 6.07) is 9.08. The Morgan fingerprint density at radius 3 is 2.55 bits per heavy atom. The Morgan fingerprint density at radius 2 is 1.95 bits per heavy atom. The van der Waals surface area contributed by atoms with Gasteiger partial charge in [0.1, 0.15) is 6.61 Å². The lowest BCUT2D eigenvalue weighted by molar-refractivity contribution is 0.0264. The number of hydrogen-bond donors (Lipinski definition) is 0. The van der Waals surface area contributed by atoms with Gasteiger partial charge in [-0.3, -0.25) is 4.79 Å². The van der Waals surface area contributed by atoms with Crippen molar-refractivity contribution in [3.05, 3.63) is 35.9 Å². The maximum absolute atomic E-state index is 13.1. The predicted molar refractivity (Wildman–Crippen MR) is 79.8 cm³/mol. The highest BCUT2D eigenvalue weighted by molar-refractivity contribution is 5.96. The number of alkyl halides is 1. The van der Waals surface area contributed by atoms with Gasteiger partial charge in [0, 0.05) is 12.0 Å². The molecular formula is C17H25FO2. The van der Waals surface area contributed by atoms with Crippen LogP contribution in [-0.2, 0) is 4.74 Å². The van der Waals surface area contributed by atoms with Crippen LogP contribution < -0.4 is 0 Å². The minimum Gasteiger partial charge on any atom is -0.370 e. The van der Waals surface area contributed by atoms with Crippen LogP contribution in [-0.4, -0.2) is 24.7 Å². The van der Waals surface area contributed by atoms with E-state index >= 15 is 0 Å². The normalized spacial score (nSPS) is 13.9. The van der Waals surface area contributed by atoms with Gasteiger partial charge in [0.25, 0.3) is 0 Å². The zero-order chi connectivity index (χ0) is 14.8. The van der Waals surface area contributed by atoms with E-state index in [0.717, 1.165) is 25.7 Å². The van der Waals surface area contributed by atoms with E-state index in [1.165, 1.54) is 6.92 Å². The molecule has 0 fully saturated rings. The number of hydrogen-bond acceptors (Lipinski definition) is 2. The van der Waals surface area contributed by atoms with E-state index in [0.29, 0.717) is 12.0 Å². The van der Waals surface area contributed by atoms with Crippen molar-refractivity contribution in [1.82, 2.24) is 0 Å². The van der Waals surface area contributed by atoms with Gasteiger partial charge >= 0.3 is 0 Å². The smallest absolute Gasteiger partial charge is 0.188 e. The molecule has 3 heteroatoms. The molecule has 0 aliphatic heterocycles. The second-order valence-electron chi connectivity index (χ2n) is 5.23. The zero-order valence-electron chi connectivity index (χ0n) is 12.5. The third-order valence-electron chi connectivity index (χ3n) is 3.26. The van der Waals surface area contributed by atoms with Gasteiger partial charge in [-0.25, -0.2) is 4.39 Å². The summed E-state index contributed by atoms with van der Waals surface area (Å²) in [5, 5.41) is 0. The van der Waals surface area contributed by atoms with E-state index in [2.05, 4.69) is 6.92 Å². The van der Waals surface area contributed by atoms with Crippen molar-refractivity contribution < 1.29 is 13.9 Å². The maximum atomic E-state index is 13.1. The molecule has 1 aromatic rings. The summed E-state index contributed by atoms with van der Waals surface area (Å²) in [7, 11) is 0. The highest BCUT2D eigenvalue weighted by atomic mass is 19.1. The van der Waals surface area contributed by atoms with Crippen molar-refractivity contribution in [3.8, 4) is 0 Å². The summed E-state index contributed by atoms with van der Waals surface area (Å²) < 4.78 is 18.8. The standard InChI is InChI=1S/C17H25FO2/c1-3-4-6-11-16(12-14(2)18)20-13-17(19)15-9-7-5-8-10-15/h5,7-10,14,16H,3-4,6,11-13H2,1-2H3. The van der Waals surface area contributed by atoms with Crippen LogP contribution in [0.2, 0.25) is 0 Å². The van der Waals surface area contributed by atoms with Gasteiger partial charge in [-0.05, 0) is 13.3 Å². The van der Waals surface area contributed by atoms with E-state index in [9.17, 15) is 9.18 Å². The van der Waals surface area contributed by atoms with Crippen LogP contribution in [0.1, 0.15) is 56.3 Å². The van der Waals surface area contributed by atoms with Crippen LogP contribution in [0.3, 0.4) is 0 Å². The van der Waals surface area contributed by atoms with Gasteiger partial charge in [0.15, 0.2) is 5.78 Å². The molecule has 0 aliphatic carbocycles. The Kier molecular flexibility index (Phi) is 8.12. The summed E-state index contributed by atoms with van der Waals surface area (Å²) in [5.74, 6) is -0.0439. The lowest BCUT2D eigenvalue weighted by atomic mass is 10.1. The van der Waals surface area contributed by atoms with Crippen LogP contribution in [0.25, 0.3) is 0 Å². The summed E-state index contributed by atoms with van der Waals surface area (Å²) in [6.45, 7) is 3.70. The monoisotopic (exact) mass is 280 g/mol. The van der Waals surface area contributed by atoms with E-state index in [1.807, 2.05) is 18.2 Å². The average Bonchev–Trinajstić information content (AvgIpc) is 2.45. The molecule has 2 nitrogen and oxygen atoms in total. The Morgan fingerprint density at radius 1 is 1.25 bits per heavy atom. The largest absolute Gasteiger partial charge is 0.370 e. The fourth-order valence-electron chi connectivity index (χ4n) is 2.15. The second kappa shape index (κ2) is 9.65. The molecule has 0 aromatic heterocycles. The summed E-state index contributed by atoms with van der Waals surface area (Å²) >= 11 is 0. The Hall–Kier alpha value is -1.22. The molecule has 1 rings (SSSR count). The highest BCUT2D eigenvalue weighted by Gasteiger charge is 2.15. The molecule has 0 bridgehead atoms. The van der Waals surface area contributed by atoms with Crippen molar-refractivity contribution in [2.24, 2.45) is 0 Å². The summed E-state index contributed by atoms with van der Waals surface area (Å²) in [4.78, 5) is 11.9. The minimum absolute atomic E-state index is 0.0352. The topological polar surface area (TPSA) is 26.3 Å². The number of rotatable bonds is 10. The summed E-state index contributed by atoms with van der Waals surface area (Å²) in [6.07, 6.45) is 3.40. The maximum Gasteiger partial charge on any atom is 0.188 e. The Balaban J connectivity index is 2.42. The molecule has 20 heavy (non-hydrogen) atoms. The van der Waals surface area contributed by atoms with Crippen molar-refractivity contribution in [3.63, 3.8) is 0 Å². The Bertz CT molecular complexity index is 376. The molecular weight excluding hydrogens is 255 g/mol. The van der Waals surface area contributed by atoms with Gasteiger partial charge in [0.2, 0.25) is 0 Å². The molecule has 0 heterocycles. The SMILES string of the molecule is CCCCCC(CC(C)F)OCC(=O)c1ccccc1. The first-order valence-corrected chi connectivity index (χ1v) is 7.47. The number of ether oxygens (including phenoxy) is 1. The fourth-order valence-corrected chi connectivity index (χ4v) is 2.15. The third kappa shape index (κ3) is 6.80. The number of carbonyl (C=O) groups is 1. The van der Waals surface area contributed by atoms with Crippen LogP contribution >= 0.6 is 0 Å². The molecule has 0 radical (unpaired) electrons. The van der Waals surface area contributed by atoms with Crippen molar-refractivity contribution in [1.29, 1.82) is 0 Å². The first kappa shape index (κ1) is 16.8. The van der Waals surface area contributed by atoms with Crippen molar-refractivity contribution >= 4 is 5.78 Å². The van der Waals surface area contributed by atoms with Gasteiger partial charge in [0.05, 0.1) is 12.3 Å². The number of ketones is 1. The fraction of sp³-hybridized carbons (Fsp3) is 0.588. The molecule has 2 atom stereocenters. The number of carbonyl (C=O) groups excluding carboxylic acids is 1. The van der Waals surface area contributed by atoms with E-state index in [1.54, 1.807) is 12.1 Å². The molecule has 0 amide bonds. The Labute approximate surface area is 121 Å². The van der Waals surface area contributed by atoms with Crippen molar-refractivity contribution in [2.75, 3.05) is 6.61 Å². The molecule has 1 aromatic carbocycles. The molecule has 0 spiro atoms. The number of Topliss-reactive ketones (excluding diaryl/α,β-unsaturated/α-hetero) is 1. The number of halogens is 1. The van der Waals surface area contributed by atoms with Crippen molar-refractivity contribution in [2.45, 2.75) is 58.2 Å². The van der Waals surface area contributed by atoms with E-state index < -0.39 is 6.17 Å². The van der Waals surface area contributed by atoms with Gasteiger partial charge in [-0.1, -0.05) is 56.5 Å². The van der Waals surface area contributed by atoms with Crippen LogP contribution in [0.15, 0.2) is 30.3 Å². The number of benzene rings is 1. The first-order valence-electron chi connectivity index (χ1n) is 7.47. The predicted octanol–water partition coefficient (Wildman–Crippen LogP) is 4.58. The molecule has 0 saturated carbocycles. The van der Waals surface area contributed by atoms with Gasteiger partial charge < -0.3 is 4.74 Å². The third-order valence-corrected chi connectivity index (χ3v) is 3.26. The van der Waals surface area contributed by atoms with E-state index in [4.69, 9.17) is 4.74 Å². The molecule has 112 valence electrons. The minimum atomic E-state index is -0.895. The van der Waals surface area contributed by atoms with Gasteiger partial charge in [-0.15, -0.1) is 0 Å². The molecule has 0 N–H and O–H groups in total. The lowest BCUT2D eigenvalue weighted by Crippen LogP contribution is -2.21. The second-order valence-corrected chi connectivity index (χ2v) is 5.23. The molecule has 0 saturated heterocycles. The number of unbranched alkanes of at least 4 members (excludes halogenated alkanes) is 2. The lowest BCUT2D eigenvalue weighted by Gasteiger charge is -2.18. The van der Waals surface area contributed by atoms with Crippen LogP contribution in [0, 0.1) is 0 Å². The molecule has 0 aliphatic rings. The highest BCUT2D eigenvalue weighted by Crippen LogP contribution is 2.14. The average molecular weight is 280 g/mol. The summed E-state index contributed by atoms with van der Waals surface area (Å²) in [5.41, 5.74) is 0.646. The van der Waals surface area contributed by atoms with Gasteiger partial charge in [-0.2, -0.15) is 0 Å². The van der Waals surface area contributed by atoms with Crippen LogP contribution in [0.5, 0.6) is 0 Å². The quantitative estimate of drug-likeness (QED) is 0.463. The van der Waals surface area contributed by atoms with Crippen LogP contribution in [0.4, 0.5) is 4.39 Å². The zero-order valence-corrected chi connectivity index (χ0v) is 12.5. The van der Waals surface area contributed by atoms with E-state index in [-0.39, 0.29) is 18.5 Å². The molecule has 2 unspecified atom stereocenters. The first-order chi connectivity index (χ1) is 9.63.